The molecule has 0 spiro atoms. The van der Waals surface area contributed by atoms with E-state index < -0.39 is 5.54 Å². The van der Waals surface area contributed by atoms with E-state index in [1.54, 1.807) is 0 Å². The average molecular weight is 278 g/mol. The summed E-state index contributed by atoms with van der Waals surface area (Å²) in [6, 6.07) is 7.35. The van der Waals surface area contributed by atoms with Gasteiger partial charge >= 0.3 is 0 Å². The molecule has 1 fully saturated rings. The largest absolute Gasteiger partial charge is 0.491 e. The molecule has 1 heterocycles. The zero-order valence-electron chi connectivity index (χ0n) is 12.0. The van der Waals surface area contributed by atoms with Gasteiger partial charge in [0.1, 0.15) is 11.3 Å². The molecule has 1 aromatic carbocycles. The zero-order chi connectivity index (χ0) is 14.6. The van der Waals surface area contributed by atoms with E-state index in [9.17, 15) is 4.79 Å². The summed E-state index contributed by atoms with van der Waals surface area (Å²) in [7, 11) is 0. The van der Waals surface area contributed by atoms with E-state index in [1.807, 2.05) is 31.2 Å². The van der Waals surface area contributed by atoms with Crippen molar-refractivity contribution in [2.24, 2.45) is 5.73 Å². The smallest absolute Gasteiger partial charge is 0.246 e. The molecule has 1 saturated heterocycles. The highest BCUT2D eigenvalue weighted by Crippen LogP contribution is 2.22. The molecule has 2 rings (SSSR count). The molecular weight excluding hydrogens is 256 g/mol. The van der Waals surface area contributed by atoms with Crippen molar-refractivity contribution in [1.29, 1.82) is 0 Å². The summed E-state index contributed by atoms with van der Waals surface area (Å²) in [5.41, 5.74) is 5.79. The lowest BCUT2D eigenvalue weighted by Crippen LogP contribution is -2.51. The maximum atomic E-state index is 12.2. The van der Waals surface area contributed by atoms with Gasteiger partial charge in [-0.1, -0.05) is 13.0 Å². The molecule has 0 bridgehead atoms. The van der Waals surface area contributed by atoms with E-state index in [0.29, 0.717) is 18.7 Å². The summed E-state index contributed by atoms with van der Waals surface area (Å²) < 4.78 is 10.9. The van der Waals surface area contributed by atoms with Crippen LogP contribution in [-0.4, -0.2) is 30.8 Å². The summed E-state index contributed by atoms with van der Waals surface area (Å²) in [6.45, 7) is 4.87. The maximum absolute atomic E-state index is 12.2. The van der Waals surface area contributed by atoms with Gasteiger partial charge in [0.2, 0.25) is 5.91 Å². The van der Waals surface area contributed by atoms with Crippen molar-refractivity contribution in [3.05, 3.63) is 24.3 Å². The number of hydrogen-bond donors (Lipinski definition) is 2. The maximum Gasteiger partial charge on any atom is 0.246 e. The van der Waals surface area contributed by atoms with Gasteiger partial charge in [-0.25, -0.2) is 0 Å². The lowest BCUT2D eigenvalue weighted by Gasteiger charge is -2.21. The molecule has 1 amide bonds. The number of amides is 1. The molecule has 0 radical (unpaired) electrons. The van der Waals surface area contributed by atoms with Gasteiger partial charge in [0, 0.05) is 18.4 Å². The van der Waals surface area contributed by atoms with Gasteiger partial charge in [0.05, 0.1) is 12.7 Å². The highest BCUT2D eigenvalue weighted by molar-refractivity contribution is 5.98. The van der Waals surface area contributed by atoms with Gasteiger partial charge in [-0.2, -0.15) is 0 Å². The van der Waals surface area contributed by atoms with E-state index in [1.165, 1.54) is 0 Å². The van der Waals surface area contributed by atoms with Crippen LogP contribution in [-0.2, 0) is 9.53 Å². The molecule has 1 aliphatic rings. The molecule has 2 atom stereocenters. The third-order valence-electron chi connectivity index (χ3n) is 3.51. The predicted octanol–water partition coefficient (Wildman–Crippen LogP) is 1.92. The number of rotatable bonds is 5. The molecule has 0 saturated carbocycles. The first-order valence-corrected chi connectivity index (χ1v) is 6.98. The van der Waals surface area contributed by atoms with Gasteiger partial charge < -0.3 is 20.5 Å². The van der Waals surface area contributed by atoms with E-state index in [-0.39, 0.29) is 18.6 Å². The lowest BCUT2D eigenvalue weighted by molar-refractivity contribution is -0.121. The highest BCUT2D eigenvalue weighted by Gasteiger charge is 2.38. The molecular formula is C15H22N2O3. The average Bonchev–Trinajstić information content (AvgIpc) is 2.87. The number of nitrogens with two attached hydrogens (primary N) is 1. The Morgan fingerprint density at radius 1 is 1.60 bits per heavy atom. The van der Waals surface area contributed by atoms with Crippen LogP contribution in [0.15, 0.2) is 24.3 Å². The van der Waals surface area contributed by atoms with E-state index >= 15 is 0 Å². The Labute approximate surface area is 119 Å². The minimum absolute atomic E-state index is 0.144. The SMILES string of the molecule is CCC(C)Oc1cccc(NC(=O)C2(N)CCOC2)c1. The topological polar surface area (TPSA) is 73.6 Å². The first-order valence-electron chi connectivity index (χ1n) is 6.98. The van der Waals surface area contributed by atoms with Crippen LogP contribution in [0.5, 0.6) is 5.75 Å². The van der Waals surface area contributed by atoms with Crippen LogP contribution >= 0.6 is 0 Å². The quantitative estimate of drug-likeness (QED) is 0.863. The summed E-state index contributed by atoms with van der Waals surface area (Å²) in [6.07, 6.45) is 1.62. The van der Waals surface area contributed by atoms with E-state index in [2.05, 4.69) is 12.2 Å². The molecule has 20 heavy (non-hydrogen) atoms. The predicted molar refractivity (Wildman–Crippen MR) is 77.8 cm³/mol. The Morgan fingerprint density at radius 3 is 3.05 bits per heavy atom. The Balaban J connectivity index is 2.02. The Hall–Kier alpha value is -1.59. The van der Waals surface area contributed by atoms with Gasteiger partial charge in [-0.3, -0.25) is 4.79 Å². The van der Waals surface area contributed by atoms with E-state index in [0.717, 1.165) is 12.2 Å². The van der Waals surface area contributed by atoms with Crippen molar-refractivity contribution in [1.82, 2.24) is 0 Å². The fourth-order valence-electron chi connectivity index (χ4n) is 1.98. The first kappa shape index (κ1) is 14.8. The second-order valence-corrected chi connectivity index (χ2v) is 5.28. The number of nitrogens with one attached hydrogen (secondary N) is 1. The Bertz CT molecular complexity index is 470. The minimum atomic E-state index is -0.923. The number of carbonyl (C=O) groups is 1. The van der Waals surface area contributed by atoms with Crippen molar-refractivity contribution in [3.63, 3.8) is 0 Å². The lowest BCUT2D eigenvalue weighted by atomic mass is 9.99. The van der Waals surface area contributed by atoms with E-state index in [4.69, 9.17) is 15.2 Å². The molecule has 2 unspecified atom stereocenters. The fraction of sp³-hybridized carbons (Fsp3) is 0.533. The number of carbonyl (C=O) groups excluding carboxylic acids is 1. The van der Waals surface area contributed by atoms with Crippen LogP contribution in [0.4, 0.5) is 5.69 Å². The highest BCUT2D eigenvalue weighted by atomic mass is 16.5. The standard InChI is InChI=1S/C15H22N2O3/c1-3-11(2)20-13-6-4-5-12(9-13)17-14(18)15(16)7-8-19-10-15/h4-6,9,11H,3,7-8,10,16H2,1-2H3,(H,17,18). The molecule has 3 N–H and O–H groups in total. The summed E-state index contributed by atoms with van der Waals surface area (Å²) in [4.78, 5) is 12.2. The summed E-state index contributed by atoms with van der Waals surface area (Å²) in [5.74, 6) is 0.529. The molecule has 1 aliphatic heterocycles. The Kier molecular flexibility index (Phi) is 4.62. The fourth-order valence-corrected chi connectivity index (χ4v) is 1.98. The van der Waals surface area contributed by atoms with Crippen LogP contribution in [0.25, 0.3) is 0 Å². The minimum Gasteiger partial charge on any atom is -0.491 e. The number of benzene rings is 1. The monoisotopic (exact) mass is 278 g/mol. The second-order valence-electron chi connectivity index (χ2n) is 5.28. The van der Waals surface area contributed by atoms with Crippen LogP contribution < -0.4 is 15.8 Å². The second kappa shape index (κ2) is 6.24. The van der Waals surface area contributed by atoms with Crippen LogP contribution in [0.1, 0.15) is 26.7 Å². The van der Waals surface area contributed by atoms with Gasteiger partial charge in [0.15, 0.2) is 0 Å². The number of hydrogen-bond acceptors (Lipinski definition) is 4. The molecule has 0 aliphatic carbocycles. The van der Waals surface area contributed by atoms with Crippen LogP contribution in [0, 0.1) is 0 Å². The normalized spacial score (nSPS) is 23.4. The molecule has 110 valence electrons. The molecule has 0 aromatic heterocycles. The summed E-state index contributed by atoms with van der Waals surface area (Å²) >= 11 is 0. The molecule has 5 heteroatoms. The van der Waals surface area contributed by atoms with Crippen molar-refractivity contribution < 1.29 is 14.3 Å². The Morgan fingerprint density at radius 2 is 2.40 bits per heavy atom. The van der Waals surface area contributed by atoms with Crippen LogP contribution in [0.2, 0.25) is 0 Å². The van der Waals surface area contributed by atoms with Crippen molar-refractivity contribution in [3.8, 4) is 5.75 Å². The third-order valence-corrected chi connectivity index (χ3v) is 3.51. The van der Waals surface area contributed by atoms with Gasteiger partial charge in [-0.05, 0) is 31.9 Å². The molecule has 1 aromatic rings. The number of ether oxygens (including phenoxy) is 2. The van der Waals surface area contributed by atoms with Crippen LogP contribution in [0.3, 0.4) is 0 Å². The van der Waals surface area contributed by atoms with Crippen molar-refractivity contribution >= 4 is 11.6 Å². The summed E-state index contributed by atoms with van der Waals surface area (Å²) in [5, 5.41) is 2.83. The van der Waals surface area contributed by atoms with Crippen molar-refractivity contribution in [2.45, 2.75) is 38.3 Å². The molecule has 5 nitrogen and oxygen atoms in total. The van der Waals surface area contributed by atoms with Gasteiger partial charge in [0.25, 0.3) is 0 Å². The van der Waals surface area contributed by atoms with Gasteiger partial charge in [-0.15, -0.1) is 0 Å². The van der Waals surface area contributed by atoms with Crippen molar-refractivity contribution in [2.75, 3.05) is 18.5 Å². The number of anilines is 1. The first-order chi connectivity index (χ1) is 9.53. The third kappa shape index (κ3) is 3.49. The zero-order valence-corrected chi connectivity index (χ0v) is 12.0.